The van der Waals surface area contributed by atoms with Crippen LogP contribution < -0.4 is 5.32 Å². The van der Waals surface area contributed by atoms with E-state index in [2.05, 4.69) is 15.4 Å². The van der Waals surface area contributed by atoms with Crippen molar-refractivity contribution in [1.82, 2.24) is 14.8 Å². The lowest BCUT2D eigenvalue weighted by Gasteiger charge is -2.06. The number of benzene rings is 1. The SMILES string of the molecule is Cc1c(C(=O)Nc2ccc(F)cc2)cnn1-c1ccccn1. The van der Waals surface area contributed by atoms with E-state index >= 15 is 0 Å². The molecule has 3 aromatic rings. The first-order valence-electron chi connectivity index (χ1n) is 6.68. The molecule has 2 aromatic heterocycles. The summed E-state index contributed by atoms with van der Waals surface area (Å²) < 4.78 is 14.5. The van der Waals surface area contributed by atoms with Crippen molar-refractivity contribution in [2.45, 2.75) is 6.92 Å². The van der Waals surface area contributed by atoms with Gasteiger partial charge in [-0.05, 0) is 43.3 Å². The number of nitrogens with one attached hydrogen (secondary N) is 1. The molecule has 1 amide bonds. The van der Waals surface area contributed by atoms with Crippen molar-refractivity contribution in [3.05, 3.63) is 71.9 Å². The van der Waals surface area contributed by atoms with Gasteiger partial charge in [-0.3, -0.25) is 4.79 Å². The molecule has 1 aromatic carbocycles. The molecule has 110 valence electrons. The van der Waals surface area contributed by atoms with E-state index in [0.29, 0.717) is 22.8 Å². The molecule has 0 bridgehead atoms. The molecule has 1 N–H and O–H groups in total. The third-order valence-corrected chi connectivity index (χ3v) is 3.22. The van der Waals surface area contributed by atoms with Gasteiger partial charge < -0.3 is 5.32 Å². The van der Waals surface area contributed by atoms with Crippen LogP contribution in [0, 0.1) is 12.7 Å². The monoisotopic (exact) mass is 296 g/mol. The minimum atomic E-state index is -0.350. The first-order chi connectivity index (χ1) is 10.6. The maximum absolute atomic E-state index is 12.9. The van der Waals surface area contributed by atoms with Gasteiger partial charge in [0.15, 0.2) is 5.82 Å². The lowest BCUT2D eigenvalue weighted by atomic mass is 10.2. The summed E-state index contributed by atoms with van der Waals surface area (Å²) in [6, 6.07) is 11.1. The molecule has 3 rings (SSSR count). The van der Waals surface area contributed by atoms with Gasteiger partial charge in [0.05, 0.1) is 17.5 Å². The zero-order chi connectivity index (χ0) is 15.5. The fraction of sp³-hybridized carbons (Fsp3) is 0.0625. The summed E-state index contributed by atoms with van der Waals surface area (Å²) in [4.78, 5) is 16.5. The molecule has 6 heteroatoms. The Bertz CT molecular complexity index is 797. The number of aromatic nitrogens is 3. The zero-order valence-electron chi connectivity index (χ0n) is 11.8. The molecule has 0 aliphatic heterocycles. The van der Waals surface area contributed by atoms with Crippen molar-refractivity contribution in [2.24, 2.45) is 0 Å². The molecular weight excluding hydrogens is 283 g/mol. The van der Waals surface area contributed by atoms with Gasteiger partial charge >= 0.3 is 0 Å². The Morgan fingerprint density at radius 2 is 1.95 bits per heavy atom. The average Bonchev–Trinajstić information content (AvgIpc) is 2.92. The molecule has 0 saturated carbocycles. The normalized spacial score (nSPS) is 10.5. The fourth-order valence-electron chi connectivity index (χ4n) is 2.07. The summed E-state index contributed by atoms with van der Waals surface area (Å²) in [6.45, 7) is 1.79. The standard InChI is InChI=1S/C16H13FN4O/c1-11-14(10-19-21(11)15-4-2-3-9-18-15)16(22)20-13-7-5-12(17)6-8-13/h2-10H,1H3,(H,20,22). The molecule has 0 spiro atoms. The van der Waals surface area contributed by atoms with Crippen LogP contribution in [-0.4, -0.2) is 20.7 Å². The van der Waals surface area contributed by atoms with E-state index in [1.165, 1.54) is 30.5 Å². The number of pyridine rings is 1. The second kappa shape index (κ2) is 5.77. The van der Waals surface area contributed by atoms with Gasteiger partial charge in [0.1, 0.15) is 5.82 Å². The number of carbonyl (C=O) groups excluding carboxylic acids is 1. The van der Waals surface area contributed by atoms with E-state index in [-0.39, 0.29) is 11.7 Å². The first kappa shape index (κ1) is 13.9. The fourth-order valence-corrected chi connectivity index (χ4v) is 2.07. The van der Waals surface area contributed by atoms with Crippen LogP contribution in [0.3, 0.4) is 0 Å². The zero-order valence-corrected chi connectivity index (χ0v) is 11.8. The maximum Gasteiger partial charge on any atom is 0.259 e. The van der Waals surface area contributed by atoms with E-state index in [1.807, 2.05) is 18.2 Å². The predicted octanol–water partition coefficient (Wildman–Crippen LogP) is 2.97. The van der Waals surface area contributed by atoms with E-state index in [1.54, 1.807) is 17.8 Å². The maximum atomic E-state index is 12.9. The van der Waals surface area contributed by atoms with Gasteiger partial charge in [0, 0.05) is 11.9 Å². The minimum Gasteiger partial charge on any atom is -0.322 e. The number of amides is 1. The summed E-state index contributed by atoms with van der Waals surface area (Å²) in [5.74, 6) is -0.00993. The highest BCUT2D eigenvalue weighted by atomic mass is 19.1. The summed E-state index contributed by atoms with van der Waals surface area (Å²) in [5, 5.41) is 6.91. The number of nitrogens with zero attached hydrogens (tertiary/aromatic N) is 3. The summed E-state index contributed by atoms with van der Waals surface area (Å²) >= 11 is 0. The molecule has 0 fully saturated rings. The number of hydrogen-bond donors (Lipinski definition) is 1. The lowest BCUT2D eigenvalue weighted by molar-refractivity contribution is 0.102. The number of rotatable bonds is 3. The summed E-state index contributed by atoms with van der Waals surface area (Å²) in [7, 11) is 0. The lowest BCUT2D eigenvalue weighted by Crippen LogP contribution is -2.13. The topological polar surface area (TPSA) is 59.8 Å². The summed E-state index contributed by atoms with van der Waals surface area (Å²) in [5.41, 5.74) is 1.64. The Labute approximate surface area is 126 Å². The highest BCUT2D eigenvalue weighted by molar-refractivity contribution is 6.04. The van der Waals surface area contributed by atoms with E-state index in [9.17, 15) is 9.18 Å². The van der Waals surface area contributed by atoms with Crippen LogP contribution >= 0.6 is 0 Å². The van der Waals surface area contributed by atoms with Crippen LogP contribution in [0.2, 0.25) is 0 Å². The molecule has 22 heavy (non-hydrogen) atoms. The van der Waals surface area contributed by atoms with Crippen LogP contribution in [0.4, 0.5) is 10.1 Å². The van der Waals surface area contributed by atoms with Gasteiger partial charge in [0.25, 0.3) is 5.91 Å². The van der Waals surface area contributed by atoms with Crippen LogP contribution in [0.1, 0.15) is 16.1 Å². The summed E-state index contributed by atoms with van der Waals surface area (Å²) in [6.07, 6.45) is 3.15. The van der Waals surface area contributed by atoms with Crippen LogP contribution in [0.25, 0.3) is 5.82 Å². The third kappa shape index (κ3) is 2.71. The molecule has 0 saturated heterocycles. The van der Waals surface area contributed by atoms with Gasteiger partial charge in [-0.15, -0.1) is 0 Å². The second-order valence-electron chi connectivity index (χ2n) is 4.70. The molecule has 5 nitrogen and oxygen atoms in total. The largest absolute Gasteiger partial charge is 0.322 e. The highest BCUT2D eigenvalue weighted by Gasteiger charge is 2.15. The molecule has 0 unspecified atom stereocenters. The molecule has 0 aliphatic carbocycles. The number of hydrogen-bond acceptors (Lipinski definition) is 3. The second-order valence-corrected chi connectivity index (χ2v) is 4.70. The van der Waals surface area contributed by atoms with Crippen molar-refractivity contribution in [3.8, 4) is 5.82 Å². The Morgan fingerprint density at radius 3 is 2.64 bits per heavy atom. The van der Waals surface area contributed by atoms with Gasteiger partial charge in [-0.1, -0.05) is 6.07 Å². The van der Waals surface area contributed by atoms with Crippen LogP contribution in [0.5, 0.6) is 0 Å². The molecule has 0 atom stereocenters. The third-order valence-electron chi connectivity index (χ3n) is 3.22. The molecule has 0 radical (unpaired) electrons. The molecule has 2 heterocycles. The Morgan fingerprint density at radius 1 is 1.18 bits per heavy atom. The molecule has 0 aliphatic rings. The van der Waals surface area contributed by atoms with Crippen molar-refractivity contribution in [3.63, 3.8) is 0 Å². The Balaban J connectivity index is 1.85. The Kier molecular flexibility index (Phi) is 3.65. The highest BCUT2D eigenvalue weighted by Crippen LogP contribution is 2.15. The van der Waals surface area contributed by atoms with Crippen molar-refractivity contribution in [1.29, 1.82) is 0 Å². The number of halogens is 1. The minimum absolute atomic E-state index is 0.300. The van der Waals surface area contributed by atoms with E-state index in [0.717, 1.165) is 0 Å². The first-order valence-corrected chi connectivity index (χ1v) is 6.68. The Hall–Kier alpha value is -3.02. The smallest absolute Gasteiger partial charge is 0.259 e. The number of carbonyl (C=O) groups is 1. The van der Waals surface area contributed by atoms with Crippen LogP contribution in [-0.2, 0) is 0 Å². The van der Waals surface area contributed by atoms with Crippen molar-refractivity contribution in [2.75, 3.05) is 5.32 Å². The van der Waals surface area contributed by atoms with Crippen LogP contribution in [0.15, 0.2) is 54.9 Å². The predicted molar refractivity (Wildman–Crippen MR) is 80.4 cm³/mol. The van der Waals surface area contributed by atoms with Gasteiger partial charge in [-0.2, -0.15) is 5.10 Å². The van der Waals surface area contributed by atoms with Gasteiger partial charge in [0.2, 0.25) is 0 Å². The van der Waals surface area contributed by atoms with Crippen molar-refractivity contribution < 1.29 is 9.18 Å². The van der Waals surface area contributed by atoms with E-state index in [4.69, 9.17) is 0 Å². The molecular formula is C16H13FN4O. The van der Waals surface area contributed by atoms with Crippen molar-refractivity contribution >= 4 is 11.6 Å². The quantitative estimate of drug-likeness (QED) is 0.808. The van der Waals surface area contributed by atoms with E-state index < -0.39 is 0 Å². The average molecular weight is 296 g/mol. The number of anilines is 1. The van der Waals surface area contributed by atoms with Gasteiger partial charge in [-0.25, -0.2) is 14.1 Å².